The summed E-state index contributed by atoms with van der Waals surface area (Å²) in [4.78, 5) is 49.4. The number of anilines is 1. The maximum absolute atomic E-state index is 13.2. The van der Waals surface area contributed by atoms with E-state index in [2.05, 4.69) is 20.3 Å². The number of hydrogen-bond acceptors (Lipinski definition) is 11. The van der Waals surface area contributed by atoms with E-state index in [1.54, 1.807) is 44.2 Å². The van der Waals surface area contributed by atoms with Crippen molar-refractivity contribution >= 4 is 36.6 Å². The molecule has 1 aliphatic rings. The molecule has 1 aromatic carbocycles. The number of nitrogens with one attached hydrogen (secondary N) is 2. The summed E-state index contributed by atoms with van der Waals surface area (Å²) < 4.78 is 43.3. The van der Waals surface area contributed by atoms with E-state index in [1.807, 2.05) is 13.8 Å². The molecule has 1 aliphatic heterocycles. The number of imidazole rings is 1. The largest absolute Gasteiger partial charge is 0.453 e. The molecule has 0 unspecified atom stereocenters. The number of benzene rings is 1. The molecule has 2 N–H and O–H groups in total. The van der Waals surface area contributed by atoms with Crippen LogP contribution in [0.25, 0.3) is 11.2 Å². The minimum Gasteiger partial charge on any atom is -0.453 e. The zero-order chi connectivity index (χ0) is 31.1. The molecule has 1 amide bonds. The highest BCUT2D eigenvalue weighted by molar-refractivity contribution is 7.57. The second-order valence-electron chi connectivity index (χ2n) is 10.0. The molecule has 4 atom stereocenters. The van der Waals surface area contributed by atoms with Crippen molar-refractivity contribution in [3.8, 4) is 0 Å². The first-order chi connectivity index (χ1) is 20.6. The average molecular weight is 618 g/mol. The Kier molecular flexibility index (Phi) is 10.6. The summed E-state index contributed by atoms with van der Waals surface area (Å²) in [5.74, 6) is 0.349. The molecule has 0 saturated carbocycles. The molecule has 43 heavy (non-hydrogen) atoms. The second kappa shape index (κ2) is 14.2. The number of aromatic amines is 1. The van der Waals surface area contributed by atoms with Crippen LogP contribution in [0.3, 0.4) is 0 Å². The van der Waals surface area contributed by atoms with Gasteiger partial charge in [-0.2, -0.15) is 4.98 Å². The Morgan fingerprint density at radius 2 is 1.86 bits per heavy atom. The number of ether oxygens (including phenoxy) is 3. The molecule has 4 rings (SSSR count). The standard InChI is InChI=1S/C28H36N5O9P/c1-6-39-43(37,40-7-2)14-13-19-22(42-27(36)18-11-9-8-10-12-18)23(38-5)26(41-19)33-16-29-21-24(33)31-28(32-25(21)35)30-20(34)15-17(3)4/h8-14,16-17,19,22-23,26H,6-7,15H2,1-5H3,(H2,30,31,32,34,35)/b14-13+/t19-,22-,23-,26-/m1/s1. The number of nitrogens with zero attached hydrogens (tertiary/aromatic N) is 3. The van der Waals surface area contributed by atoms with Crippen molar-refractivity contribution < 1.29 is 37.4 Å². The maximum Gasteiger partial charge on any atom is 0.353 e. The van der Waals surface area contributed by atoms with E-state index < -0.39 is 43.7 Å². The van der Waals surface area contributed by atoms with Crippen LogP contribution in [0.1, 0.15) is 50.7 Å². The number of carbonyl (C=O) groups excluding carboxylic acids is 2. The van der Waals surface area contributed by atoms with Gasteiger partial charge in [0.05, 0.1) is 25.1 Å². The molecule has 1 fully saturated rings. The first kappa shape index (κ1) is 32.2. The monoisotopic (exact) mass is 617 g/mol. The van der Waals surface area contributed by atoms with Crippen LogP contribution in [0.5, 0.6) is 0 Å². The van der Waals surface area contributed by atoms with E-state index >= 15 is 0 Å². The molecule has 2 aromatic heterocycles. The lowest BCUT2D eigenvalue weighted by Crippen LogP contribution is -2.37. The van der Waals surface area contributed by atoms with Crippen molar-refractivity contribution in [3.63, 3.8) is 0 Å². The Morgan fingerprint density at radius 1 is 1.16 bits per heavy atom. The van der Waals surface area contributed by atoms with Gasteiger partial charge in [-0.3, -0.25) is 29.0 Å². The van der Waals surface area contributed by atoms with E-state index in [0.717, 1.165) is 0 Å². The third kappa shape index (κ3) is 7.64. The van der Waals surface area contributed by atoms with Gasteiger partial charge in [0.2, 0.25) is 11.9 Å². The predicted octanol–water partition coefficient (Wildman–Crippen LogP) is 4.02. The molecule has 3 heterocycles. The first-order valence-corrected chi connectivity index (χ1v) is 15.5. The number of hydrogen-bond donors (Lipinski definition) is 2. The Hall–Kier alpha value is -3.68. The molecule has 3 aromatic rings. The zero-order valence-electron chi connectivity index (χ0n) is 24.6. The topological polar surface area (TPSA) is 173 Å². The van der Waals surface area contributed by atoms with Crippen molar-refractivity contribution in [2.24, 2.45) is 5.92 Å². The van der Waals surface area contributed by atoms with Gasteiger partial charge < -0.3 is 23.3 Å². The molecular formula is C28H36N5O9P. The lowest BCUT2D eigenvalue weighted by molar-refractivity contribution is -0.116. The summed E-state index contributed by atoms with van der Waals surface area (Å²) in [5.41, 5.74) is -0.175. The quantitative estimate of drug-likeness (QED) is 0.209. The molecule has 0 radical (unpaired) electrons. The summed E-state index contributed by atoms with van der Waals surface area (Å²) in [6.07, 6.45) is -0.950. The van der Waals surface area contributed by atoms with E-state index in [0.29, 0.717) is 5.56 Å². The highest BCUT2D eigenvalue weighted by atomic mass is 31.2. The summed E-state index contributed by atoms with van der Waals surface area (Å²) in [7, 11) is -2.22. The molecule has 14 nitrogen and oxygen atoms in total. The molecule has 0 aliphatic carbocycles. The minimum atomic E-state index is -3.63. The van der Waals surface area contributed by atoms with Gasteiger partial charge in [0.1, 0.15) is 12.2 Å². The average Bonchev–Trinajstić information content (AvgIpc) is 3.53. The van der Waals surface area contributed by atoms with Crippen LogP contribution in [0.15, 0.2) is 53.3 Å². The summed E-state index contributed by atoms with van der Waals surface area (Å²) in [6.45, 7) is 7.44. The van der Waals surface area contributed by atoms with Crippen molar-refractivity contribution in [1.29, 1.82) is 0 Å². The fourth-order valence-electron chi connectivity index (χ4n) is 4.59. The van der Waals surface area contributed by atoms with Gasteiger partial charge in [0, 0.05) is 19.3 Å². The number of esters is 1. The van der Waals surface area contributed by atoms with Crippen LogP contribution in [0, 0.1) is 5.92 Å². The molecule has 232 valence electrons. The minimum absolute atomic E-state index is 0.00525. The lowest BCUT2D eigenvalue weighted by atomic mass is 10.1. The smallest absolute Gasteiger partial charge is 0.353 e. The van der Waals surface area contributed by atoms with Gasteiger partial charge in [-0.15, -0.1) is 0 Å². The Balaban J connectivity index is 1.73. The van der Waals surface area contributed by atoms with Crippen LogP contribution in [-0.2, 0) is 32.6 Å². The van der Waals surface area contributed by atoms with Gasteiger partial charge in [0.25, 0.3) is 5.56 Å². The molecular weight excluding hydrogens is 581 g/mol. The van der Waals surface area contributed by atoms with Crippen LogP contribution in [0.2, 0.25) is 0 Å². The number of H-pyrrole nitrogens is 1. The summed E-state index contributed by atoms with van der Waals surface area (Å²) in [6, 6.07) is 8.39. The van der Waals surface area contributed by atoms with Crippen LogP contribution < -0.4 is 10.9 Å². The zero-order valence-corrected chi connectivity index (χ0v) is 25.5. The van der Waals surface area contributed by atoms with Gasteiger partial charge >= 0.3 is 13.6 Å². The van der Waals surface area contributed by atoms with E-state index in [1.165, 1.54) is 29.9 Å². The Bertz CT molecular complexity index is 1540. The first-order valence-electron chi connectivity index (χ1n) is 13.9. The fraction of sp³-hybridized carbons (Fsp3) is 0.464. The second-order valence-corrected chi connectivity index (χ2v) is 11.9. The van der Waals surface area contributed by atoms with E-state index in [4.69, 9.17) is 23.3 Å². The van der Waals surface area contributed by atoms with Crippen LogP contribution >= 0.6 is 7.60 Å². The number of methoxy groups -OCH3 is 1. The lowest BCUT2D eigenvalue weighted by Gasteiger charge is -2.23. The van der Waals surface area contributed by atoms with Gasteiger partial charge in [-0.1, -0.05) is 32.0 Å². The maximum atomic E-state index is 13.2. The molecule has 0 spiro atoms. The molecule has 15 heteroatoms. The molecule has 1 saturated heterocycles. The van der Waals surface area contributed by atoms with Gasteiger partial charge in [0.15, 0.2) is 23.5 Å². The molecule has 0 bridgehead atoms. The van der Waals surface area contributed by atoms with E-state index in [9.17, 15) is 18.9 Å². The number of amides is 1. The van der Waals surface area contributed by atoms with Crippen LogP contribution in [-0.4, -0.2) is 70.0 Å². The van der Waals surface area contributed by atoms with Crippen molar-refractivity contribution in [1.82, 2.24) is 19.5 Å². The Labute approximate surface area is 248 Å². The summed E-state index contributed by atoms with van der Waals surface area (Å²) >= 11 is 0. The fourth-order valence-corrected chi connectivity index (χ4v) is 5.94. The van der Waals surface area contributed by atoms with Crippen molar-refractivity contribution in [2.45, 2.75) is 58.7 Å². The van der Waals surface area contributed by atoms with Gasteiger partial charge in [-0.05, 0) is 38.0 Å². The third-order valence-electron chi connectivity index (χ3n) is 6.38. The Morgan fingerprint density at radius 3 is 2.49 bits per heavy atom. The highest BCUT2D eigenvalue weighted by Gasteiger charge is 2.48. The number of carbonyl (C=O) groups is 2. The normalized spacial score (nSPS) is 20.7. The predicted molar refractivity (Wildman–Crippen MR) is 157 cm³/mol. The number of fused-ring (bicyclic) bond motifs is 1. The van der Waals surface area contributed by atoms with E-state index in [-0.39, 0.29) is 48.6 Å². The summed E-state index contributed by atoms with van der Waals surface area (Å²) in [5, 5.41) is 2.60. The third-order valence-corrected chi connectivity index (χ3v) is 8.16. The van der Waals surface area contributed by atoms with Gasteiger partial charge in [-0.25, -0.2) is 9.78 Å². The number of aromatic nitrogens is 4. The van der Waals surface area contributed by atoms with Crippen LogP contribution in [0.4, 0.5) is 5.95 Å². The van der Waals surface area contributed by atoms with Crippen molar-refractivity contribution in [2.75, 3.05) is 25.6 Å². The highest BCUT2D eigenvalue weighted by Crippen LogP contribution is 2.50. The van der Waals surface area contributed by atoms with Crippen molar-refractivity contribution in [3.05, 3.63) is 64.5 Å². The SMILES string of the molecule is CCOP(=O)(/C=C/[C@H]1O[C@@H](n2cnc3c(=O)[nH]c(NC(=O)CC(C)C)nc32)[C@H](OC)[C@@H]1OC(=O)c1ccccc1)OCC. The number of rotatable bonds is 13.